The number of ether oxygens (including phenoxy) is 1. The lowest BCUT2D eigenvalue weighted by atomic mass is 10.1. The molecule has 0 saturated carbocycles. The highest BCUT2D eigenvalue weighted by molar-refractivity contribution is 7.71. The average molecular weight is 323 g/mol. The molecule has 2 rings (SSSR count). The van der Waals surface area contributed by atoms with E-state index in [1.54, 1.807) is 12.1 Å². The molecule has 1 aromatic heterocycles. The maximum absolute atomic E-state index is 11.5. The first-order chi connectivity index (χ1) is 10.5. The number of hydrogen-bond donors (Lipinski definition) is 3. The van der Waals surface area contributed by atoms with Gasteiger partial charge in [0.1, 0.15) is 17.5 Å². The van der Waals surface area contributed by atoms with Crippen LogP contribution in [0.2, 0.25) is 0 Å². The summed E-state index contributed by atoms with van der Waals surface area (Å²) in [5.74, 6) is -0.238. The molecule has 0 amide bonds. The van der Waals surface area contributed by atoms with Crippen molar-refractivity contribution in [1.82, 2.24) is 14.8 Å². The van der Waals surface area contributed by atoms with Crippen LogP contribution in [-0.4, -0.2) is 38.1 Å². The number of aliphatic carboxylic acids is 1. The summed E-state index contributed by atoms with van der Waals surface area (Å²) < 4.78 is 6.74. The molecule has 0 radical (unpaired) electrons. The topological polar surface area (TPSA) is 100 Å². The zero-order valence-electron chi connectivity index (χ0n) is 12.2. The van der Waals surface area contributed by atoms with Gasteiger partial charge in [0.2, 0.25) is 0 Å². The highest BCUT2D eigenvalue weighted by atomic mass is 32.1. The van der Waals surface area contributed by atoms with Crippen LogP contribution in [0.1, 0.15) is 25.8 Å². The number of hydrogen-bond acceptors (Lipinski definition) is 5. The Hall–Kier alpha value is -2.35. The van der Waals surface area contributed by atoms with Crippen LogP contribution in [-0.2, 0) is 4.79 Å². The van der Waals surface area contributed by atoms with Crippen LogP contribution in [0.4, 0.5) is 0 Å². The Kier molecular flexibility index (Phi) is 4.81. The Morgan fingerprint density at radius 2 is 2.27 bits per heavy atom. The Morgan fingerprint density at radius 1 is 1.55 bits per heavy atom. The van der Waals surface area contributed by atoms with E-state index < -0.39 is 12.0 Å². The van der Waals surface area contributed by atoms with Crippen LogP contribution < -0.4 is 4.74 Å². The molecule has 7 nitrogen and oxygen atoms in total. The number of nitrogens with one attached hydrogen (secondary N) is 1. The first-order valence-corrected chi connectivity index (χ1v) is 7.17. The number of aromatic hydroxyl groups is 1. The summed E-state index contributed by atoms with van der Waals surface area (Å²) in [6.07, 6.45) is 1.08. The SMILES string of the molecule is CCCC(C(=O)O)n1c(-c2cc(OC)ccc2O)n[nH]c1=S. The number of carboxylic acids is 1. The second-order valence-electron chi connectivity index (χ2n) is 4.75. The lowest BCUT2D eigenvalue weighted by Crippen LogP contribution is -2.20. The highest BCUT2D eigenvalue weighted by Gasteiger charge is 2.25. The molecule has 0 aliphatic heterocycles. The molecule has 1 aromatic carbocycles. The summed E-state index contributed by atoms with van der Waals surface area (Å²) in [6.45, 7) is 1.89. The minimum Gasteiger partial charge on any atom is -0.507 e. The fraction of sp³-hybridized carbons (Fsp3) is 0.357. The van der Waals surface area contributed by atoms with E-state index in [1.165, 1.54) is 17.7 Å². The van der Waals surface area contributed by atoms with Crippen molar-refractivity contribution in [2.75, 3.05) is 7.11 Å². The number of phenolic OH excluding ortho intramolecular Hbond substituents is 1. The van der Waals surface area contributed by atoms with E-state index in [2.05, 4.69) is 10.2 Å². The number of rotatable bonds is 6. The smallest absolute Gasteiger partial charge is 0.326 e. The number of aromatic nitrogens is 3. The predicted molar refractivity (Wildman–Crippen MR) is 82.6 cm³/mol. The molecular weight excluding hydrogens is 306 g/mol. The molecule has 1 unspecified atom stereocenters. The molecule has 0 bridgehead atoms. The van der Waals surface area contributed by atoms with Crippen molar-refractivity contribution in [2.24, 2.45) is 0 Å². The summed E-state index contributed by atoms with van der Waals surface area (Å²) in [5.41, 5.74) is 0.356. The monoisotopic (exact) mass is 323 g/mol. The number of H-pyrrole nitrogens is 1. The quantitative estimate of drug-likeness (QED) is 0.707. The van der Waals surface area contributed by atoms with E-state index in [4.69, 9.17) is 17.0 Å². The van der Waals surface area contributed by atoms with Crippen LogP contribution >= 0.6 is 12.2 Å². The van der Waals surface area contributed by atoms with Gasteiger partial charge in [-0.25, -0.2) is 4.79 Å². The molecule has 22 heavy (non-hydrogen) atoms. The summed E-state index contributed by atoms with van der Waals surface area (Å²) >= 11 is 5.16. The van der Waals surface area contributed by atoms with Gasteiger partial charge in [-0.3, -0.25) is 9.67 Å². The van der Waals surface area contributed by atoms with Crippen LogP contribution in [0.5, 0.6) is 11.5 Å². The molecule has 0 aliphatic carbocycles. The summed E-state index contributed by atoms with van der Waals surface area (Å²) in [6, 6.07) is 3.80. The largest absolute Gasteiger partial charge is 0.507 e. The zero-order valence-corrected chi connectivity index (χ0v) is 13.1. The fourth-order valence-corrected chi connectivity index (χ4v) is 2.50. The Morgan fingerprint density at radius 3 is 2.86 bits per heavy atom. The van der Waals surface area contributed by atoms with Crippen molar-refractivity contribution in [1.29, 1.82) is 0 Å². The van der Waals surface area contributed by atoms with Gasteiger partial charge in [-0.2, -0.15) is 5.10 Å². The van der Waals surface area contributed by atoms with Crippen molar-refractivity contribution in [2.45, 2.75) is 25.8 Å². The molecule has 2 aromatic rings. The van der Waals surface area contributed by atoms with E-state index in [-0.39, 0.29) is 16.3 Å². The molecule has 0 saturated heterocycles. The lowest BCUT2D eigenvalue weighted by Gasteiger charge is -2.16. The third-order valence-corrected chi connectivity index (χ3v) is 3.60. The number of carbonyl (C=O) groups is 1. The number of benzene rings is 1. The molecule has 1 atom stereocenters. The van der Waals surface area contributed by atoms with Gasteiger partial charge in [0.25, 0.3) is 0 Å². The third kappa shape index (κ3) is 2.96. The van der Waals surface area contributed by atoms with Gasteiger partial charge >= 0.3 is 5.97 Å². The van der Waals surface area contributed by atoms with Gasteiger partial charge in [-0.15, -0.1) is 0 Å². The van der Waals surface area contributed by atoms with E-state index in [1.807, 2.05) is 6.92 Å². The van der Waals surface area contributed by atoms with Gasteiger partial charge in [0.05, 0.1) is 12.7 Å². The van der Waals surface area contributed by atoms with Crippen molar-refractivity contribution in [3.05, 3.63) is 23.0 Å². The molecule has 8 heteroatoms. The molecule has 118 valence electrons. The van der Waals surface area contributed by atoms with Gasteiger partial charge in [0, 0.05) is 0 Å². The summed E-state index contributed by atoms with van der Waals surface area (Å²) in [4.78, 5) is 11.5. The van der Waals surface area contributed by atoms with Crippen molar-refractivity contribution < 1.29 is 19.7 Å². The zero-order chi connectivity index (χ0) is 16.3. The highest BCUT2D eigenvalue weighted by Crippen LogP contribution is 2.33. The maximum atomic E-state index is 11.5. The van der Waals surface area contributed by atoms with E-state index in [9.17, 15) is 15.0 Å². The van der Waals surface area contributed by atoms with E-state index >= 15 is 0 Å². The standard InChI is InChI=1S/C14H17N3O4S/c1-3-4-10(13(19)20)17-12(15-16-14(17)22)9-7-8(21-2)5-6-11(9)18/h5-7,10,18H,3-4H2,1-2H3,(H,16,22)(H,19,20). The van der Waals surface area contributed by atoms with Crippen LogP contribution in [0.15, 0.2) is 18.2 Å². The molecule has 1 heterocycles. The Bertz CT molecular complexity index is 738. The van der Waals surface area contributed by atoms with Crippen molar-refractivity contribution in [3.8, 4) is 22.9 Å². The second kappa shape index (κ2) is 6.61. The van der Waals surface area contributed by atoms with Crippen molar-refractivity contribution >= 4 is 18.2 Å². The Balaban J connectivity index is 2.63. The molecular formula is C14H17N3O4S. The number of aromatic amines is 1. The normalized spacial score (nSPS) is 12.1. The second-order valence-corrected chi connectivity index (χ2v) is 5.13. The maximum Gasteiger partial charge on any atom is 0.326 e. The lowest BCUT2D eigenvalue weighted by molar-refractivity contribution is -0.141. The van der Waals surface area contributed by atoms with Gasteiger partial charge in [0.15, 0.2) is 10.6 Å². The van der Waals surface area contributed by atoms with Crippen molar-refractivity contribution in [3.63, 3.8) is 0 Å². The molecule has 3 N–H and O–H groups in total. The van der Waals surface area contributed by atoms with E-state index in [0.29, 0.717) is 24.2 Å². The summed E-state index contributed by atoms with van der Waals surface area (Å²) in [7, 11) is 1.50. The fourth-order valence-electron chi connectivity index (χ4n) is 2.24. The first-order valence-electron chi connectivity index (χ1n) is 6.76. The minimum absolute atomic E-state index is 0.0308. The number of nitrogens with zero attached hydrogens (tertiary/aromatic N) is 2. The van der Waals surface area contributed by atoms with Crippen LogP contribution in [0.25, 0.3) is 11.4 Å². The third-order valence-electron chi connectivity index (χ3n) is 3.31. The molecule has 0 fully saturated rings. The molecule has 0 aliphatic rings. The average Bonchev–Trinajstić information content (AvgIpc) is 2.86. The van der Waals surface area contributed by atoms with Gasteiger partial charge in [-0.05, 0) is 36.8 Å². The van der Waals surface area contributed by atoms with Gasteiger partial charge < -0.3 is 14.9 Å². The summed E-state index contributed by atoms with van der Waals surface area (Å²) in [5, 5.41) is 26.2. The minimum atomic E-state index is -0.997. The Labute approximate surface area is 132 Å². The number of carboxylic acid groups (broad SMARTS) is 1. The number of methoxy groups -OCH3 is 1. The van der Waals surface area contributed by atoms with E-state index in [0.717, 1.165) is 0 Å². The van der Waals surface area contributed by atoms with Crippen LogP contribution in [0.3, 0.4) is 0 Å². The predicted octanol–water partition coefficient (Wildman–Crippen LogP) is 2.75. The molecule has 0 spiro atoms. The number of phenols is 1. The first kappa shape index (κ1) is 16.0. The van der Waals surface area contributed by atoms with Gasteiger partial charge in [-0.1, -0.05) is 13.3 Å². The van der Waals surface area contributed by atoms with Crippen LogP contribution in [0, 0.1) is 4.77 Å².